The van der Waals surface area contributed by atoms with Gasteiger partial charge in [0, 0.05) is 6.54 Å². The maximum absolute atomic E-state index is 13.9. The molecule has 0 aliphatic heterocycles. The predicted octanol–water partition coefficient (Wildman–Crippen LogP) is 5.16. The minimum Gasteiger partial charge on any atom is -0.274 e. The quantitative estimate of drug-likeness (QED) is 0.267. The molecule has 0 bridgehead atoms. The molecule has 0 atom stereocenters. The van der Waals surface area contributed by atoms with E-state index in [1.54, 1.807) is 0 Å². The van der Waals surface area contributed by atoms with Gasteiger partial charge in [-0.3, -0.25) is 14.5 Å². The lowest BCUT2D eigenvalue weighted by Crippen LogP contribution is -2.40. The molecule has 168 valence electrons. The van der Waals surface area contributed by atoms with E-state index in [4.69, 9.17) is 0 Å². The highest BCUT2D eigenvalue weighted by atomic mass is 19.2. The van der Waals surface area contributed by atoms with Gasteiger partial charge in [0.15, 0.2) is 46.5 Å². The Kier molecular flexibility index (Phi) is 6.96. The largest absolute Gasteiger partial charge is 0.274 e. The summed E-state index contributed by atoms with van der Waals surface area (Å²) in [5.74, 6) is -30.6. The Morgan fingerprint density at radius 3 is 1.06 bits per heavy atom. The number of rotatable bonds is 5. The van der Waals surface area contributed by atoms with E-state index in [1.807, 2.05) is 0 Å². The van der Waals surface area contributed by atoms with Crippen molar-refractivity contribution >= 4 is 11.8 Å². The molecule has 0 saturated heterocycles. The molecule has 2 aromatic rings. The Balaban J connectivity index is 2.72. The van der Waals surface area contributed by atoms with Crippen LogP contribution in [0.5, 0.6) is 0 Å². The normalized spacial score (nSPS) is 11.1. The number of hydrogen-bond acceptors (Lipinski definition) is 2. The fraction of sp³-hybridized carbons (Fsp3) is 0.222. The van der Waals surface area contributed by atoms with Gasteiger partial charge < -0.3 is 0 Å². The number of unbranched alkanes of at least 4 members (excludes halogenated alkanes) is 1. The van der Waals surface area contributed by atoms with Crippen molar-refractivity contribution in [1.29, 1.82) is 0 Å². The molecule has 0 radical (unpaired) electrons. The average molecular weight is 461 g/mol. The van der Waals surface area contributed by atoms with Gasteiger partial charge in [-0.2, -0.15) is 0 Å². The first-order valence-corrected chi connectivity index (χ1v) is 8.27. The molecule has 0 unspecified atom stereocenters. The molecule has 2 aromatic carbocycles. The van der Waals surface area contributed by atoms with Crippen molar-refractivity contribution in [3.05, 3.63) is 69.3 Å². The highest BCUT2D eigenvalue weighted by Gasteiger charge is 2.38. The Morgan fingerprint density at radius 1 is 0.548 bits per heavy atom. The first kappa shape index (κ1) is 24.2. The van der Waals surface area contributed by atoms with Crippen LogP contribution >= 0.6 is 0 Å². The summed E-state index contributed by atoms with van der Waals surface area (Å²) < 4.78 is 136. The maximum Gasteiger partial charge on any atom is 0.266 e. The molecule has 0 aromatic heterocycles. The molecule has 0 aliphatic carbocycles. The molecule has 3 nitrogen and oxygen atoms in total. The van der Waals surface area contributed by atoms with Crippen LogP contribution in [0, 0.1) is 58.2 Å². The minimum absolute atomic E-state index is 0.130. The fourth-order valence-corrected chi connectivity index (χ4v) is 2.47. The summed E-state index contributed by atoms with van der Waals surface area (Å²) in [5.41, 5.74) is -4.30. The van der Waals surface area contributed by atoms with E-state index in [9.17, 15) is 53.5 Å². The minimum atomic E-state index is -2.64. The molecule has 2 amide bonds. The highest BCUT2D eigenvalue weighted by Crippen LogP contribution is 2.28. The van der Waals surface area contributed by atoms with Crippen LogP contribution in [0.3, 0.4) is 0 Å². The summed E-state index contributed by atoms with van der Waals surface area (Å²) in [7, 11) is 0. The molecule has 2 rings (SSSR count). The number of nitrogens with zero attached hydrogens (tertiary/aromatic N) is 1. The third kappa shape index (κ3) is 3.95. The molecule has 0 saturated carbocycles. The van der Waals surface area contributed by atoms with Gasteiger partial charge in [-0.15, -0.1) is 0 Å². The third-order valence-corrected chi connectivity index (χ3v) is 4.07. The standard InChI is InChI=1S/C18H9F10NO2/c1-2-3-4-29(17(30)5-7(19)11(23)15(27)12(24)8(5)20)18(31)6-9(21)13(25)16(28)14(26)10(6)22/h2-4H2,1H3. The summed E-state index contributed by atoms with van der Waals surface area (Å²) in [5, 5.41) is 0. The predicted molar refractivity (Wildman–Crippen MR) is 82.7 cm³/mol. The van der Waals surface area contributed by atoms with Crippen molar-refractivity contribution in [3.63, 3.8) is 0 Å². The molecule has 0 fully saturated rings. The van der Waals surface area contributed by atoms with Crippen LogP contribution in [-0.2, 0) is 0 Å². The van der Waals surface area contributed by atoms with Crippen molar-refractivity contribution < 1.29 is 53.5 Å². The van der Waals surface area contributed by atoms with E-state index in [0.29, 0.717) is 0 Å². The molecular formula is C18H9F10NO2. The number of hydrogen-bond donors (Lipinski definition) is 0. The zero-order valence-corrected chi connectivity index (χ0v) is 15.2. The Morgan fingerprint density at radius 2 is 0.806 bits per heavy atom. The lowest BCUT2D eigenvalue weighted by atomic mass is 10.1. The topological polar surface area (TPSA) is 37.4 Å². The summed E-state index contributed by atoms with van der Waals surface area (Å²) in [4.78, 5) is 24.5. The lowest BCUT2D eigenvalue weighted by molar-refractivity contribution is 0.0599. The Hall–Kier alpha value is -3.12. The van der Waals surface area contributed by atoms with Gasteiger partial charge in [-0.25, -0.2) is 43.9 Å². The van der Waals surface area contributed by atoms with E-state index < -0.39 is 87.7 Å². The van der Waals surface area contributed by atoms with Gasteiger partial charge in [0.1, 0.15) is 11.1 Å². The summed E-state index contributed by atoms with van der Waals surface area (Å²) in [6, 6.07) is 0. The van der Waals surface area contributed by atoms with Crippen LogP contribution in [0.1, 0.15) is 40.5 Å². The van der Waals surface area contributed by atoms with E-state index in [-0.39, 0.29) is 17.7 Å². The second-order valence-electron chi connectivity index (χ2n) is 6.01. The fourth-order valence-electron chi connectivity index (χ4n) is 2.47. The molecule has 0 N–H and O–H groups in total. The third-order valence-electron chi connectivity index (χ3n) is 4.07. The zero-order valence-electron chi connectivity index (χ0n) is 15.2. The number of carbonyl (C=O) groups excluding carboxylic acids is 2. The van der Waals surface area contributed by atoms with Gasteiger partial charge in [0.25, 0.3) is 11.8 Å². The first-order chi connectivity index (χ1) is 14.4. The van der Waals surface area contributed by atoms with E-state index in [2.05, 4.69) is 0 Å². The van der Waals surface area contributed by atoms with Crippen LogP contribution < -0.4 is 0 Å². The summed E-state index contributed by atoms with van der Waals surface area (Å²) in [6.45, 7) is 0.539. The molecule has 13 heteroatoms. The molecule has 0 heterocycles. The second kappa shape index (κ2) is 8.94. The van der Waals surface area contributed by atoms with Crippen LogP contribution in [0.15, 0.2) is 0 Å². The highest BCUT2D eigenvalue weighted by molar-refractivity contribution is 6.10. The smallest absolute Gasteiger partial charge is 0.266 e. The van der Waals surface area contributed by atoms with Crippen LogP contribution in [0.2, 0.25) is 0 Å². The van der Waals surface area contributed by atoms with Gasteiger partial charge >= 0.3 is 0 Å². The Labute approximate surface area is 166 Å². The molecular weight excluding hydrogens is 452 g/mol. The molecule has 0 spiro atoms. The van der Waals surface area contributed by atoms with Gasteiger partial charge in [-0.05, 0) is 6.42 Å². The van der Waals surface area contributed by atoms with Gasteiger partial charge in [0.2, 0.25) is 11.6 Å². The lowest BCUT2D eigenvalue weighted by Gasteiger charge is -2.22. The van der Waals surface area contributed by atoms with Crippen molar-refractivity contribution in [3.8, 4) is 0 Å². The summed E-state index contributed by atoms with van der Waals surface area (Å²) >= 11 is 0. The molecule has 31 heavy (non-hydrogen) atoms. The number of halogens is 10. The average Bonchev–Trinajstić information content (AvgIpc) is 2.74. The van der Waals surface area contributed by atoms with Crippen molar-refractivity contribution in [2.24, 2.45) is 0 Å². The van der Waals surface area contributed by atoms with E-state index >= 15 is 0 Å². The first-order valence-electron chi connectivity index (χ1n) is 8.27. The number of amides is 2. The second-order valence-corrected chi connectivity index (χ2v) is 6.01. The summed E-state index contributed by atoms with van der Waals surface area (Å²) in [6.07, 6.45) is -0.0897. The van der Waals surface area contributed by atoms with Crippen molar-refractivity contribution in [1.82, 2.24) is 4.90 Å². The maximum atomic E-state index is 13.9. The monoisotopic (exact) mass is 461 g/mol. The van der Waals surface area contributed by atoms with Crippen LogP contribution in [0.4, 0.5) is 43.9 Å². The van der Waals surface area contributed by atoms with Crippen LogP contribution in [-0.4, -0.2) is 23.3 Å². The number of benzene rings is 2. The number of imide groups is 1. The Bertz CT molecular complexity index is 946. The van der Waals surface area contributed by atoms with Gasteiger partial charge in [0.05, 0.1) is 0 Å². The van der Waals surface area contributed by atoms with Crippen molar-refractivity contribution in [2.75, 3.05) is 6.54 Å². The number of carbonyl (C=O) groups is 2. The van der Waals surface area contributed by atoms with Crippen LogP contribution in [0.25, 0.3) is 0 Å². The van der Waals surface area contributed by atoms with Crippen molar-refractivity contribution in [2.45, 2.75) is 19.8 Å². The van der Waals surface area contributed by atoms with Gasteiger partial charge in [-0.1, -0.05) is 13.3 Å². The van der Waals surface area contributed by atoms with E-state index in [1.165, 1.54) is 6.92 Å². The zero-order chi connectivity index (χ0) is 23.8. The molecule has 0 aliphatic rings. The van der Waals surface area contributed by atoms with E-state index in [0.717, 1.165) is 0 Å². The SMILES string of the molecule is CCCCN(C(=O)c1c(F)c(F)c(F)c(F)c1F)C(=O)c1c(F)c(F)c(F)c(F)c1F.